The normalized spacial score (nSPS) is 21.8. The van der Waals surface area contributed by atoms with Crippen LogP contribution in [0.1, 0.15) is 59.3 Å². The molecule has 0 bridgehead atoms. The van der Waals surface area contributed by atoms with E-state index in [9.17, 15) is 4.79 Å². The molecule has 0 atom stereocenters. The fourth-order valence-corrected chi connectivity index (χ4v) is 2.71. The second kappa shape index (κ2) is 4.26. The molecule has 0 heterocycles. The minimum atomic E-state index is 0.351. The first-order valence-electron chi connectivity index (χ1n) is 5.56. The second-order valence-corrected chi connectivity index (χ2v) is 4.96. The molecule has 1 aliphatic rings. The zero-order valence-electron chi connectivity index (χ0n) is 9.23. The summed E-state index contributed by atoms with van der Waals surface area (Å²) in [5, 5.41) is 0. The molecular formula is C12H22O. The zero-order chi connectivity index (χ0) is 9.90. The minimum absolute atomic E-state index is 0.351. The highest BCUT2D eigenvalue weighted by molar-refractivity contribution is 5.76. The van der Waals surface area contributed by atoms with Crippen molar-refractivity contribution in [3.05, 3.63) is 0 Å². The monoisotopic (exact) mass is 182 g/mol. The van der Waals surface area contributed by atoms with Crippen LogP contribution in [-0.2, 0) is 4.79 Å². The predicted molar refractivity (Wildman–Crippen MR) is 55.7 cm³/mol. The van der Waals surface area contributed by atoms with Gasteiger partial charge in [0, 0.05) is 6.42 Å². The van der Waals surface area contributed by atoms with Crippen molar-refractivity contribution >= 4 is 5.78 Å². The molecule has 0 amide bonds. The Balaban J connectivity index is 2.67. The van der Waals surface area contributed by atoms with Crippen LogP contribution >= 0.6 is 0 Å². The first-order chi connectivity index (χ1) is 6.07. The highest BCUT2D eigenvalue weighted by atomic mass is 16.1. The van der Waals surface area contributed by atoms with Crippen molar-refractivity contribution in [2.24, 2.45) is 11.3 Å². The van der Waals surface area contributed by atoms with Gasteiger partial charge >= 0.3 is 0 Å². The fraction of sp³-hybridized carbons (Fsp3) is 0.917. The van der Waals surface area contributed by atoms with E-state index in [4.69, 9.17) is 0 Å². The molecule has 0 aliphatic heterocycles. The molecule has 0 unspecified atom stereocenters. The molecule has 1 saturated carbocycles. The number of Topliss-reactive ketones (excluding diaryl/α,β-unsaturated/α-hetero) is 1. The molecule has 0 aromatic heterocycles. The predicted octanol–water partition coefficient (Wildman–Crippen LogP) is 3.57. The van der Waals surface area contributed by atoms with Crippen molar-refractivity contribution in [3.63, 3.8) is 0 Å². The molecule has 0 radical (unpaired) electrons. The zero-order valence-corrected chi connectivity index (χ0v) is 9.23. The van der Waals surface area contributed by atoms with Crippen LogP contribution in [0.5, 0.6) is 0 Å². The standard InChI is InChI=1S/C12H22O/c1-10(2)12(9-11(3)13)7-5-4-6-8-12/h10H,4-9H2,1-3H3. The van der Waals surface area contributed by atoms with E-state index in [1.165, 1.54) is 32.1 Å². The van der Waals surface area contributed by atoms with E-state index in [-0.39, 0.29) is 0 Å². The summed E-state index contributed by atoms with van der Waals surface area (Å²) in [5.41, 5.74) is 0.351. The highest BCUT2D eigenvalue weighted by Gasteiger charge is 2.35. The summed E-state index contributed by atoms with van der Waals surface area (Å²) >= 11 is 0. The number of hydrogen-bond acceptors (Lipinski definition) is 1. The lowest BCUT2D eigenvalue weighted by atomic mass is 9.64. The van der Waals surface area contributed by atoms with Crippen LogP contribution in [0.4, 0.5) is 0 Å². The van der Waals surface area contributed by atoms with Crippen molar-refractivity contribution in [1.82, 2.24) is 0 Å². The highest BCUT2D eigenvalue weighted by Crippen LogP contribution is 2.45. The van der Waals surface area contributed by atoms with Gasteiger partial charge in [-0.15, -0.1) is 0 Å². The number of rotatable bonds is 3. The van der Waals surface area contributed by atoms with Gasteiger partial charge in [0.25, 0.3) is 0 Å². The molecule has 0 spiro atoms. The third-order valence-corrected chi connectivity index (χ3v) is 3.68. The number of carbonyl (C=O) groups is 1. The molecule has 1 nitrogen and oxygen atoms in total. The Morgan fingerprint density at radius 3 is 2.15 bits per heavy atom. The molecule has 1 fully saturated rings. The summed E-state index contributed by atoms with van der Waals surface area (Å²) in [7, 11) is 0. The van der Waals surface area contributed by atoms with Gasteiger partial charge in [-0.2, -0.15) is 0 Å². The second-order valence-electron chi connectivity index (χ2n) is 4.96. The van der Waals surface area contributed by atoms with Gasteiger partial charge in [-0.3, -0.25) is 0 Å². The first kappa shape index (κ1) is 10.7. The minimum Gasteiger partial charge on any atom is -0.300 e. The van der Waals surface area contributed by atoms with Crippen LogP contribution < -0.4 is 0 Å². The Morgan fingerprint density at radius 1 is 1.23 bits per heavy atom. The number of hydrogen-bond donors (Lipinski definition) is 0. The van der Waals surface area contributed by atoms with Gasteiger partial charge in [-0.05, 0) is 31.1 Å². The Bertz CT molecular complexity index is 176. The maximum Gasteiger partial charge on any atom is 0.130 e. The topological polar surface area (TPSA) is 17.1 Å². The van der Waals surface area contributed by atoms with Gasteiger partial charge in [0.2, 0.25) is 0 Å². The van der Waals surface area contributed by atoms with E-state index in [1.54, 1.807) is 6.92 Å². The van der Waals surface area contributed by atoms with Crippen LogP contribution in [0.25, 0.3) is 0 Å². The van der Waals surface area contributed by atoms with Crippen molar-refractivity contribution in [2.45, 2.75) is 59.3 Å². The van der Waals surface area contributed by atoms with Gasteiger partial charge in [0.05, 0.1) is 0 Å². The molecule has 0 saturated heterocycles. The summed E-state index contributed by atoms with van der Waals surface area (Å²) in [5.74, 6) is 1.03. The van der Waals surface area contributed by atoms with E-state index >= 15 is 0 Å². The van der Waals surface area contributed by atoms with Crippen molar-refractivity contribution < 1.29 is 4.79 Å². The van der Waals surface area contributed by atoms with Crippen LogP contribution in [-0.4, -0.2) is 5.78 Å². The largest absolute Gasteiger partial charge is 0.300 e. The van der Waals surface area contributed by atoms with Gasteiger partial charge in [-0.1, -0.05) is 33.1 Å². The lowest BCUT2D eigenvalue weighted by Crippen LogP contribution is -2.32. The summed E-state index contributed by atoms with van der Waals surface area (Å²) in [6.45, 7) is 6.28. The Labute approximate surface area is 81.9 Å². The lowest BCUT2D eigenvalue weighted by molar-refractivity contribution is -0.120. The molecular weight excluding hydrogens is 160 g/mol. The van der Waals surface area contributed by atoms with Crippen molar-refractivity contribution in [2.75, 3.05) is 0 Å². The van der Waals surface area contributed by atoms with Crippen molar-refractivity contribution in [1.29, 1.82) is 0 Å². The first-order valence-corrected chi connectivity index (χ1v) is 5.56. The fourth-order valence-electron chi connectivity index (χ4n) is 2.71. The molecule has 13 heavy (non-hydrogen) atoms. The summed E-state index contributed by atoms with van der Waals surface area (Å²) in [6, 6.07) is 0. The molecule has 1 aliphatic carbocycles. The van der Waals surface area contributed by atoms with Gasteiger partial charge in [0.1, 0.15) is 5.78 Å². The maximum atomic E-state index is 11.2. The van der Waals surface area contributed by atoms with Gasteiger partial charge < -0.3 is 4.79 Å². The van der Waals surface area contributed by atoms with E-state index in [0.29, 0.717) is 17.1 Å². The molecule has 0 aromatic rings. The summed E-state index contributed by atoms with van der Waals surface area (Å²) < 4.78 is 0. The van der Waals surface area contributed by atoms with Crippen LogP contribution in [0.3, 0.4) is 0 Å². The summed E-state index contributed by atoms with van der Waals surface area (Å²) in [4.78, 5) is 11.2. The third kappa shape index (κ3) is 2.55. The molecule has 0 N–H and O–H groups in total. The maximum absolute atomic E-state index is 11.2. The number of carbonyl (C=O) groups excluding carboxylic acids is 1. The smallest absolute Gasteiger partial charge is 0.130 e. The van der Waals surface area contributed by atoms with Crippen LogP contribution in [0.15, 0.2) is 0 Å². The van der Waals surface area contributed by atoms with Gasteiger partial charge in [0.15, 0.2) is 0 Å². The van der Waals surface area contributed by atoms with Crippen molar-refractivity contribution in [3.8, 4) is 0 Å². The average Bonchev–Trinajstić information content (AvgIpc) is 2.04. The molecule has 1 heteroatoms. The van der Waals surface area contributed by atoms with E-state index in [1.807, 2.05) is 0 Å². The Kier molecular flexibility index (Phi) is 3.52. The van der Waals surface area contributed by atoms with Gasteiger partial charge in [-0.25, -0.2) is 0 Å². The molecule has 76 valence electrons. The third-order valence-electron chi connectivity index (χ3n) is 3.68. The lowest BCUT2D eigenvalue weighted by Gasteiger charge is -2.40. The van der Waals surface area contributed by atoms with E-state index in [0.717, 1.165) is 6.42 Å². The Hall–Kier alpha value is -0.330. The average molecular weight is 182 g/mol. The molecule has 0 aromatic carbocycles. The quantitative estimate of drug-likeness (QED) is 0.652. The Morgan fingerprint density at radius 2 is 1.77 bits per heavy atom. The number of ketones is 1. The van der Waals surface area contributed by atoms with Crippen LogP contribution in [0, 0.1) is 11.3 Å². The van der Waals surface area contributed by atoms with Crippen LogP contribution in [0.2, 0.25) is 0 Å². The van der Waals surface area contributed by atoms with E-state index in [2.05, 4.69) is 13.8 Å². The van der Waals surface area contributed by atoms with E-state index < -0.39 is 0 Å². The molecule has 1 rings (SSSR count). The SMILES string of the molecule is CC(=O)CC1(C(C)C)CCCCC1. The summed E-state index contributed by atoms with van der Waals surface area (Å²) in [6.07, 6.45) is 7.36.